The summed E-state index contributed by atoms with van der Waals surface area (Å²) in [4.78, 5) is 9.10. The highest BCUT2D eigenvalue weighted by atomic mass is 32.1. The summed E-state index contributed by atoms with van der Waals surface area (Å²) in [7, 11) is 0. The summed E-state index contributed by atoms with van der Waals surface area (Å²) in [5, 5.41) is 4.13. The van der Waals surface area contributed by atoms with Gasteiger partial charge in [-0.25, -0.2) is 4.98 Å². The molecule has 0 aliphatic heterocycles. The predicted molar refractivity (Wildman–Crippen MR) is 73.8 cm³/mol. The van der Waals surface area contributed by atoms with Gasteiger partial charge in [0, 0.05) is 0 Å². The Labute approximate surface area is 109 Å². The number of aromatic nitrogens is 4. The van der Waals surface area contributed by atoms with E-state index in [-0.39, 0.29) is 0 Å². The van der Waals surface area contributed by atoms with Gasteiger partial charge in [-0.2, -0.15) is 0 Å². The van der Waals surface area contributed by atoms with E-state index in [2.05, 4.69) is 52.5 Å². The number of benzene rings is 1. The van der Waals surface area contributed by atoms with Gasteiger partial charge in [0.05, 0.1) is 16.7 Å². The molecule has 92 valence electrons. The van der Waals surface area contributed by atoms with Crippen LogP contribution in [-0.2, 0) is 6.42 Å². The molecule has 0 aliphatic carbocycles. The van der Waals surface area contributed by atoms with Crippen molar-refractivity contribution in [2.24, 2.45) is 0 Å². The number of hydrogen-bond acceptors (Lipinski definition) is 4. The molecule has 2 aromatic heterocycles. The van der Waals surface area contributed by atoms with Crippen molar-refractivity contribution in [1.29, 1.82) is 0 Å². The van der Waals surface area contributed by atoms with Crippen LogP contribution in [0.15, 0.2) is 12.1 Å². The Kier molecular flexibility index (Phi) is 2.63. The van der Waals surface area contributed by atoms with Gasteiger partial charge < -0.3 is 4.98 Å². The molecule has 1 N–H and O–H groups in total. The Morgan fingerprint density at radius 3 is 2.89 bits per heavy atom. The minimum absolute atomic E-state index is 0.876. The molecule has 0 saturated carbocycles. The third-order valence-electron chi connectivity index (χ3n) is 3.03. The molecular weight excluding hydrogens is 244 g/mol. The van der Waals surface area contributed by atoms with Crippen molar-refractivity contribution in [3.8, 4) is 10.7 Å². The molecule has 0 amide bonds. The zero-order valence-electron chi connectivity index (χ0n) is 10.6. The van der Waals surface area contributed by atoms with Gasteiger partial charge in [0.2, 0.25) is 0 Å². The zero-order chi connectivity index (χ0) is 12.7. The highest BCUT2D eigenvalue weighted by Gasteiger charge is 2.14. The summed E-state index contributed by atoms with van der Waals surface area (Å²) in [6.45, 7) is 6.27. The number of hydrogen-bond donors (Lipinski definition) is 1. The average molecular weight is 258 g/mol. The van der Waals surface area contributed by atoms with Gasteiger partial charge in [-0.3, -0.25) is 0 Å². The van der Waals surface area contributed by atoms with Gasteiger partial charge in [0.1, 0.15) is 4.88 Å². The minimum Gasteiger partial charge on any atom is -0.337 e. The molecule has 0 atom stereocenters. The fraction of sp³-hybridized carbons (Fsp3) is 0.308. The molecule has 0 spiro atoms. The molecule has 5 heteroatoms. The van der Waals surface area contributed by atoms with Crippen LogP contribution in [-0.4, -0.2) is 19.6 Å². The predicted octanol–water partition coefficient (Wildman–Crippen LogP) is 3.26. The Bertz CT molecular complexity index is 711. The summed E-state index contributed by atoms with van der Waals surface area (Å²) in [6, 6.07) is 4.28. The topological polar surface area (TPSA) is 54.5 Å². The summed E-state index contributed by atoms with van der Waals surface area (Å²) < 4.78 is 4.01. The van der Waals surface area contributed by atoms with Gasteiger partial charge in [-0.15, -0.1) is 5.10 Å². The number of H-pyrrole nitrogens is 1. The largest absolute Gasteiger partial charge is 0.337 e. The van der Waals surface area contributed by atoms with Crippen LogP contribution in [0, 0.1) is 13.8 Å². The van der Waals surface area contributed by atoms with Gasteiger partial charge >= 0.3 is 0 Å². The van der Waals surface area contributed by atoms with Crippen LogP contribution in [0.1, 0.15) is 23.7 Å². The Hall–Kier alpha value is -1.75. The normalized spacial score (nSPS) is 11.3. The van der Waals surface area contributed by atoms with Gasteiger partial charge in [-0.1, -0.05) is 17.5 Å². The van der Waals surface area contributed by atoms with Crippen molar-refractivity contribution in [3.05, 3.63) is 29.0 Å². The molecule has 18 heavy (non-hydrogen) atoms. The summed E-state index contributed by atoms with van der Waals surface area (Å²) >= 11 is 1.40. The summed E-state index contributed by atoms with van der Waals surface area (Å²) in [6.07, 6.45) is 0.876. The van der Waals surface area contributed by atoms with Crippen molar-refractivity contribution < 1.29 is 0 Å². The number of aryl methyl sites for hydroxylation is 3. The number of nitrogens with zero attached hydrogens (tertiary/aromatic N) is 3. The van der Waals surface area contributed by atoms with E-state index in [9.17, 15) is 0 Å². The van der Waals surface area contributed by atoms with Crippen LogP contribution in [0.3, 0.4) is 0 Å². The van der Waals surface area contributed by atoms with E-state index < -0.39 is 0 Å². The molecular formula is C13H14N4S. The van der Waals surface area contributed by atoms with Gasteiger partial charge in [0.25, 0.3) is 0 Å². The monoisotopic (exact) mass is 258 g/mol. The average Bonchev–Trinajstić information content (AvgIpc) is 2.92. The number of nitrogens with one attached hydrogen (secondary N) is 1. The van der Waals surface area contributed by atoms with Crippen molar-refractivity contribution in [1.82, 2.24) is 19.6 Å². The quantitative estimate of drug-likeness (QED) is 0.767. The smallest absolute Gasteiger partial charge is 0.152 e. The molecule has 0 radical (unpaired) electrons. The van der Waals surface area contributed by atoms with E-state index in [0.29, 0.717) is 0 Å². The van der Waals surface area contributed by atoms with Gasteiger partial charge in [-0.05, 0) is 49.0 Å². The molecule has 0 unspecified atom stereocenters. The molecule has 0 fully saturated rings. The maximum absolute atomic E-state index is 4.68. The second-order valence-corrected chi connectivity index (χ2v) is 5.22. The minimum atomic E-state index is 0.876. The van der Waals surface area contributed by atoms with Crippen LogP contribution in [0.25, 0.3) is 21.7 Å². The van der Waals surface area contributed by atoms with Crippen LogP contribution < -0.4 is 0 Å². The lowest BCUT2D eigenvalue weighted by atomic mass is 10.1. The zero-order valence-corrected chi connectivity index (χ0v) is 11.4. The van der Waals surface area contributed by atoms with Crippen LogP contribution in [0.2, 0.25) is 0 Å². The maximum atomic E-state index is 4.68. The molecule has 0 saturated heterocycles. The summed E-state index contributed by atoms with van der Waals surface area (Å²) in [5.41, 5.74) is 5.56. The molecule has 4 nitrogen and oxygen atoms in total. The Morgan fingerprint density at radius 1 is 1.28 bits per heavy atom. The third-order valence-corrected chi connectivity index (χ3v) is 3.80. The van der Waals surface area contributed by atoms with E-state index in [4.69, 9.17) is 0 Å². The summed E-state index contributed by atoms with van der Waals surface area (Å²) in [5.74, 6) is 0.880. The van der Waals surface area contributed by atoms with Crippen molar-refractivity contribution in [3.63, 3.8) is 0 Å². The molecule has 0 bridgehead atoms. The number of imidazole rings is 1. The molecule has 1 aromatic carbocycles. The molecule has 3 aromatic rings. The van der Waals surface area contributed by atoms with E-state index in [1.807, 2.05) is 0 Å². The SMILES string of the molecule is CCc1nnsc1-c1nc2c(C)cc(C)cc2[nH]1. The third kappa shape index (κ3) is 1.71. The first-order valence-electron chi connectivity index (χ1n) is 5.97. The highest BCUT2D eigenvalue weighted by Crippen LogP contribution is 2.27. The van der Waals surface area contributed by atoms with E-state index in [1.54, 1.807) is 0 Å². The first-order chi connectivity index (χ1) is 8.69. The fourth-order valence-corrected chi connectivity index (χ4v) is 2.89. The lowest BCUT2D eigenvalue weighted by Crippen LogP contribution is -1.85. The number of rotatable bonds is 2. The van der Waals surface area contributed by atoms with Crippen molar-refractivity contribution in [2.45, 2.75) is 27.2 Å². The van der Waals surface area contributed by atoms with E-state index >= 15 is 0 Å². The second kappa shape index (κ2) is 4.17. The lowest BCUT2D eigenvalue weighted by molar-refractivity contribution is 0.990. The first kappa shape index (κ1) is 11.3. The van der Waals surface area contributed by atoms with E-state index in [1.165, 1.54) is 22.7 Å². The molecule has 3 rings (SSSR count). The molecule has 0 aliphatic rings. The standard InChI is InChI=1S/C13H14N4S/c1-4-9-12(18-17-16-9)13-14-10-6-7(2)5-8(3)11(10)15-13/h5-6H,4H2,1-3H3,(H,14,15). The fourth-order valence-electron chi connectivity index (χ4n) is 2.20. The first-order valence-corrected chi connectivity index (χ1v) is 6.75. The van der Waals surface area contributed by atoms with Crippen molar-refractivity contribution >= 4 is 22.6 Å². The molecule has 2 heterocycles. The maximum Gasteiger partial charge on any atom is 0.152 e. The van der Waals surface area contributed by atoms with Crippen molar-refractivity contribution in [2.75, 3.05) is 0 Å². The van der Waals surface area contributed by atoms with Crippen LogP contribution in [0.4, 0.5) is 0 Å². The highest BCUT2D eigenvalue weighted by molar-refractivity contribution is 7.09. The van der Waals surface area contributed by atoms with Crippen LogP contribution >= 0.6 is 11.5 Å². The lowest BCUT2D eigenvalue weighted by Gasteiger charge is -1.96. The van der Waals surface area contributed by atoms with Crippen LogP contribution in [0.5, 0.6) is 0 Å². The van der Waals surface area contributed by atoms with Gasteiger partial charge in [0.15, 0.2) is 5.82 Å². The van der Waals surface area contributed by atoms with E-state index in [0.717, 1.165) is 33.8 Å². The second-order valence-electron chi connectivity index (χ2n) is 4.47. The Balaban J connectivity index is 2.22. The number of aromatic amines is 1. The number of fused-ring (bicyclic) bond motifs is 1. The Morgan fingerprint density at radius 2 is 2.11 bits per heavy atom.